The Bertz CT molecular complexity index is 767. The normalized spacial score (nSPS) is 19.9. The number of furan rings is 1. The van der Waals surface area contributed by atoms with Crippen LogP contribution in [0.2, 0.25) is 0 Å². The van der Waals surface area contributed by atoms with Gasteiger partial charge in [0.1, 0.15) is 18.1 Å². The summed E-state index contributed by atoms with van der Waals surface area (Å²) in [5, 5.41) is 0. The van der Waals surface area contributed by atoms with Crippen LogP contribution < -0.4 is 0 Å². The van der Waals surface area contributed by atoms with Crippen LogP contribution in [0, 0.1) is 0 Å². The number of fused-ring (bicyclic) bond motifs is 1. The van der Waals surface area contributed by atoms with Gasteiger partial charge in [0, 0.05) is 19.2 Å². The zero-order valence-corrected chi connectivity index (χ0v) is 14.5. The fourth-order valence-electron chi connectivity index (χ4n) is 3.88. The molecule has 25 heavy (non-hydrogen) atoms. The highest BCUT2D eigenvalue weighted by atomic mass is 16.5. The molecule has 1 aromatic carbocycles. The molecule has 0 saturated carbocycles. The van der Waals surface area contributed by atoms with Crippen molar-refractivity contribution in [3.05, 3.63) is 58.5 Å². The molecule has 1 fully saturated rings. The first-order valence-corrected chi connectivity index (χ1v) is 8.85. The highest BCUT2D eigenvalue weighted by Crippen LogP contribution is 2.35. The van der Waals surface area contributed by atoms with Crippen molar-refractivity contribution in [3.63, 3.8) is 0 Å². The molecule has 1 atom stereocenters. The molecule has 1 amide bonds. The second-order valence-electron chi connectivity index (χ2n) is 6.64. The van der Waals surface area contributed by atoms with Crippen LogP contribution in [-0.2, 0) is 29.1 Å². The number of nitrogens with zero attached hydrogens (tertiary/aromatic N) is 1. The Kier molecular flexibility index (Phi) is 4.59. The van der Waals surface area contributed by atoms with Gasteiger partial charge in [0.05, 0.1) is 19.3 Å². The third-order valence-corrected chi connectivity index (χ3v) is 5.07. The third kappa shape index (κ3) is 3.10. The molecule has 0 radical (unpaired) electrons. The van der Waals surface area contributed by atoms with Crippen molar-refractivity contribution in [2.24, 2.45) is 0 Å². The molecule has 2 aromatic rings. The van der Waals surface area contributed by atoms with Crippen LogP contribution in [-0.4, -0.2) is 31.1 Å². The molecule has 0 N–H and O–H groups in total. The summed E-state index contributed by atoms with van der Waals surface area (Å²) in [7, 11) is 1.65. The van der Waals surface area contributed by atoms with Crippen molar-refractivity contribution in [3.8, 4) is 0 Å². The minimum Gasteiger partial charge on any atom is -0.461 e. The highest BCUT2D eigenvalue weighted by Gasteiger charge is 2.34. The van der Waals surface area contributed by atoms with Gasteiger partial charge in [-0.25, -0.2) is 0 Å². The number of ether oxygens (including phenoxy) is 2. The molecule has 0 bridgehead atoms. The average molecular weight is 341 g/mol. The number of rotatable bonds is 4. The predicted molar refractivity (Wildman–Crippen MR) is 92.2 cm³/mol. The van der Waals surface area contributed by atoms with Gasteiger partial charge in [-0.1, -0.05) is 12.1 Å². The van der Waals surface area contributed by atoms with Crippen LogP contribution in [0.5, 0.6) is 0 Å². The summed E-state index contributed by atoms with van der Waals surface area (Å²) in [5.74, 6) is 1.75. The molecular weight excluding hydrogens is 318 g/mol. The number of methoxy groups -OCH3 is 1. The van der Waals surface area contributed by atoms with E-state index in [1.54, 1.807) is 7.11 Å². The van der Waals surface area contributed by atoms with Gasteiger partial charge in [-0.2, -0.15) is 0 Å². The van der Waals surface area contributed by atoms with Crippen LogP contribution in [0.1, 0.15) is 51.9 Å². The van der Waals surface area contributed by atoms with Crippen LogP contribution >= 0.6 is 0 Å². The molecule has 0 aliphatic carbocycles. The zero-order chi connectivity index (χ0) is 17.2. The summed E-state index contributed by atoms with van der Waals surface area (Å²) >= 11 is 0. The molecule has 1 saturated heterocycles. The first-order chi connectivity index (χ1) is 12.3. The fraction of sp³-hybridized carbons (Fsp3) is 0.450. The van der Waals surface area contributed by atoms with E-state index in [0.29, 0.717) is 19.8 Å². The molecule has 3 heterocycles. The number of hydrogen-bond donors (Lipinski definition) is 0. The summed E-state index contributed by atoms with van der Waals surface area (Å²) in [6.07, 6.45) is 2.73. The van der Waals surface area contributed by atoms with Crippen molar-refractivity contribution in [2.75, 3.05) is 20.3 Å². The Labute approximate surface area is 147 Å². The molecule has 5 heteroatoms. The van der Waals surface area contributed by atoms with Crippen LogP contribution in [0.3, 0.4) is 0 Å². The molecule has 0 spiro atoms. The first-order valence-electron chi connectivity index (χ1n) is 8.85. The van der Waals surface area contributed by atoms with E-state index in [9.17, 15) is 4.79 Å². The SMILES string of the molecule is COCc1ccc(C2CCCN2C(=O)c2cccc3c2CCOC3)o1. The number of carbonyl (C=O) groups excluding carboxylic acids is 1. The Morgan fingerprint density at radius 2 is 2.24 bits per heavy atom. The topological polar surface area (TPSA) is 51.9 Å². The Balaban J connectivity index is 1.61. The lowest BCUT2D eigenvalue weighted by Gasteiger charge is -2.26. The van der Waals surface area contributed by atoms with Gasteiger partial charge in [-0.3, -0.25) is 4.79 Å². The van der Waals surface area contributed by atoms with Gasteiger partial charge in [-0.15, -0.1) is 0 Å². The van der Waals surface area contributed by atoms with Crippen molar-refractivity contribution < 1.29 is 18.7 Å². The minimum atomic E-state index is 0.00815. The Hall–Kier alpha value is -2.11. The standard InChI is InChI=1S/C20H23NO4/c1-23-13-15-7-8-19(25-15)18-6-3-10-21(18)20(22)17-5-2-4-14-12-24-11-9-16(14)17/h2,4-5,7-8,18H,3,6,9-13H2,1H3. The van der Waals surface area contributed by atoms with E-state index in [-0.39, 0.29) is 11.9 Å². The Morgan fingerprint density at radius 1 is 1.32 bits per heavy atom. The van der Waals surface area contributed by atoms with E-state index >= 15 is 0 Å². The van der Waals surface area contributed by atoms with E-state index in [1.807, 2.05) is 29.2 Å². The van der Waals surface area contributed by atoms with Crippen molar-refractivity contribution >= 4 is 5.91 Å². The lowest BCUT2D eigenvalue weighted by atomic mass is 9.96. The molecule has 132 valence electrons. The largest absolute Gasteiger partial charge is 0.461 e. The summed E-state index contributed by atoms with van der Waals surface area (Å²) in [4.78, 5) is 15.2. The first kappa shape index (κ1) is 16.4. The monoisotopic (exact) mass is 341 g/mol. The average Bonchev–Trinajstić information content (AvgIpc) is 3.30. The molecule has 1 aromatic heterocycles. The summed E-state index contributed by atoms with van der Waals surface area (Å²) in [5.41, 5.74) is 3.09. The van der Waals surface area contributed by atoms with E-state index < -0.39 is 0 Å². The number of benzene rings is 1. The number of carbonyl (C=O) groups is 1. The summed E-state index contributed by atoms with van der Waals surface area (Å²) < 4.78 is 16.5. The lowest BCUT2D eigenvalue weighted by Crippen LogP contribution is -2.32. The zero-order valence-electron chi connectivity index (χ0n) is 14.5. The van der Waals surface area contributed by atoms with Gasteiger partial charge < -0.3 is 18.8 Å². The van der Waals surface area contributed by atoms with Crippen LogP contribution in [0.4, 0.5) is 0 Å². The van der Waals surface area contributed by atoms with Crippen LogP contribution in [0.15, 0.2) is 34.7 Å². The van der Waals surface area contributed by atoms with E-state index in [0.717, 1.165) is 54.0 Å². The maximum atomic E-state index is 13.3. The number of hydrogen-bond acceptors (Lipinski definition) is 4. The van der Waals surface area contributed by atoms with Gasteiger partial charge in [0.15, 0.2) is 0 Å². The fourth-order valence-corrected chi connectivity index (χ4v) is 3.88. The smallest absolute Gasteiger partial charge is 0.254 e. The summed E-state index contributed by atoms with van der Waals surface area (Å²) in [6, 6.07) is 9.86. The summed E-state index contributed by atoms with van der Waals surface area (Å²) in [6.45, 7) is 2.49. The second-order valence-corrected chi connectivity index (χ2v) is 6.64. The lowest BCUT2D eigenvalue weighted by molar-refractivity contribution is 0.0709. The van der Waals surface area contributed by atoms with Gasteiger partial charge >= 0.3 is 0 Å². The molecule has 1 unspecified atom stereocenters. The highest BCUT2D eigenvalue weighted by molar-refractivity contribution is 5.96. The number of likely N-dealkylation sites (tertiary alicyclic amines) is 1. The van der Waals surface area contributed by atoms with Crippen molar-refractivity contribution in [1.82, 2.24) is 4.90 Å². The molecule has 4 rings (SSSR count). The van der Waals surface area contributed by atoms with Crippen molar-refractivity contribution in [2.45, 2.75) is 38.5 Å². The van der Waals surface area contributed by atoms with Gasteiger partial charge in [0.25, 0.3) is 5.91 Å². The molecule has 2 aliphatic rings. The van der Waals surface area contributed by atoms with Crippen molar-refractivity contribution in [1.29, 1.82) is 0 Å². The molecular formula is C20H23NO4. The Morgan fingerprint density at radius 3 is 3.12 bits per heavy atom. The second kappa shape index (κ2) is 7.02. The van der Waals surface area contributed by atoms with E-state index in [2.05, 4.69) is 6.07 Å². The molecule has 2 aliphatic heterocycles. The molecule has 5 nitrogen and oxygen atoms in total. The van der Waals surface area contributed by atoms with Gasteiger partial charge in [0.2, 0.25) is 0 Å². The van der Waals surface area contributed by atoms with Gasteiger partial charge in [-0.05, 0) is 48.6 Å². The minimum absolute atomic E-state index is 0.00815. The number of amides is 1. The quantitative estimate of drug-likeness (QED) is 0.854. The predicted octanol–water partition coefficient (Wildman–Crippen LogP) is 3.48. The maximum Gasteiger partial charge on any atom is 0.254 e. The van der Waals surface area contributed by atoms with Crippen LogP contribution in [0.25, 0.3) is 0 Å². The van der Waals surface area contributed by atoms with E-state index in [4.69, 9.17) is 13.9 Å². The maximum absolute atomic E-state index is 13.3. The van der Waals surface area contributed by atoms with E-state index in [1.165, 1.54) is 0 Å². The third-order valence-electron chi connectivity index (χ3n) is 5.07.